The van der Waals surface area contributed by atoms with Gasteiger partial charge in [0.25, 0.3) is 0 Å². The Labute approximate surface area is 143 Å². The summed E-state index contributed by atoms with van der Waals surface area (Å²) in [6.45, 7) is 4.19. The molecular formula is C19H27FN2O2. The van der Waals surface area contributed by atoms with E-state index in [9.17, 15) is 9.18 Å². The van der Waals surface area contributed by atoms with E-state index in [1.165, 1.54) is 6.07 Å². The molecule has 0 radical (unpaired) electrons. The summed E-state index contributed by atoms with van der Waals surface area (Å²) in [7, 11) is 0. The minimum absolute atomic E-state index is 0.0481. The van der Waals surface area contributed by atoms with Crippen LogP contribution in [0.25, 0.3) is 0 Å². The van der Waals surface area contributed by atoms with E-state index in [1.807, 2.05) is 0 Å². The number of carbonyl (C=O) groups excluding carboxylic acids is 1. The summed E-state index contributed by atoms with van der Waals surface area (Å²) in [5.74, 6) is 0.755. The first-order valence-corrected chi connectivity index (χ1v) is 9.08. The number of hydrogen-bond donors (Lipinski definition) is 2. The molecule has 1 aliphatic heterocycles. The summed E-state index contributed by atoms with van der Waals surface area (Å²) < 4.78 is 19.7. The third-order valence-corrected chi connectivity index (χ3v) is 5.26. The highest BCUT2D eigenvalue weighted by atomic mass is 19.1. The van der Waals surface area contributed by atoms with E-state index < -0.39 is 5.82 Å². The van der Waals surface area contributed by atoms with E-state index in [2.05, 4.69) is 17.6 Å². The second-order valence-electron chi connectivity index (χ2n) is 7.13. The van der Waals surface area contributed by atoms with Gasteiger partial charge in [-0.25, -0.2) is 4.39 Å². The molecule has 1 aromatic rings. The minimum Gasteiger partial charge on any atom is -0.487 e. The Morgan fingerprint density at radius 1 is 1.33 bits per heavy atom. The Balaban J connectivity index is 1.50. The van der Waals surface area contributed by atoms with Gasteiger partial charge >= 0.3 is 0 Å². The zero-order valence-corrected chi connectivity index (χ0v) is 14.3. The fraction of sp³-hybridized carbons (Fsp3) is 0.632. The van der Waals surface area contributed by atoms with Crippen molar-refractivity contribution >= 4 is 11.6 Å². The second-order valence-corrected chi connectivity index (χ2v) is 7.13. The number of halogens is 1. The first-order chi connectivity index (χ1) is 11.6. The number of nitrogens with one attached hydrogen (secondary N) is 2. The van der Waals surface area contributed by atoms with Gasteiger partial charge in [0.15, 0.2) is 11.6 Å². The summed E-state index contributed by atoms with van der Waals surface area (Å²) >= 11 is 0. The van der Waals surface area contributed by atoms with Crippen molar-refractivity contribution in [3.8, 4) is 5.75 Å². The summed E-state index contributed by atoms with van der Waals surface area (Å²) in [5.41, 5.74) is 0.496. The molecule has 1 unspecified atom stereocenters. The van der Waals surface area contributed by atoms with Crippen LogP contribution >= 0.6 is 0 Å². The van der Waals surface area contributed by atoms with Crippen LogP contribution in [0.2, 0.25) is 0 Å². The lowest BCUT2D eigenvalue weighted by molar-refractivity contribution is -0.117. The maximum absolute atomic E-state index is 14.1. The molecule has 1 amide bonds. The van der Waals surface area contributed by atoms with E-state index in [-0.39, 0.29) is 17.8 Å². The fourth-order valence-corrected chi connectivity index (χ4v) is 3.43. The SMILES string of the molecule is CC(CC(=O)Nc1ccc(OC2CCC2)c(F)c1)C1CCNCC1. The molecule has 0 aromatic heterocycles. The first-order valence-electron chi connectivity index (χ1n) is 9.08. The van der Waals surface area contributed by atoms with Crippen LogP contribution in [0.1, 0.15) is 45.4 Å². The van der Waals surface area contributed by atoms with Crippen LogP contribution in [0.5, 0.6) is 5.75 Å². The lowest BCUT2D eigenvalue weighted by Gasteiger charge is -2.28. The van der Waals surface area contributed by atoms with Gasteiger partial charge in [0, 0.05) is 18.2 Å². The lowest BCUT2D eigenvalue weighted by atomic mass is 9.84. The maximum Gasteiger partial charge on any atom is 0.224 e. The monoisotopic (exact) mass is 334 g/mol. The Morgan fingerprint density at radius 3 is 2.71 bits per heavy atom. The van der Waals surface area contributed by atoms with Gasteiger partial charge in [0.1, 0.15) is 0 Å². The Bertz CT molecular complexity index is 568. The molecule has 2 N–H and O–H groups in total. The predicted octanol–water partition coefficient (Wildman–Crippen LogP) is 3.72. The summed E-state index contributed by atoms with van der Waals surface area (Å²) in [5, 5.41) is 6.15. The number of benzene rings is 1. The number of piperidine rings is 1. The number of hydrogen-bond acceptors (Lipinski definition) is 3. The molecule has 4 nitrogen and oxygen atoms in total. The molecule has 0 bridgehead atoms. The van der Waals surface area contributed by atoms with Gasteiger partial charge in [-0.2, -0.15) is 0 Å². The molecule has 1 saturated heterocycles. The molecule has 24 heavy (non-hydrogen) atoms. The van der Waals surface area contributed by atoms with Gasteiger partial charge in [-0.05, 0) is 69.2 Å². The number of rotatable bonds is 6. The van der Waals surface area contributed by atoms with Crippen molar-refractivity contribution in [1.29, 1.82) is 0 Å². The van der Waals surface area contributed by atoms with Crippen molar-refractivity contribution in [2.24, 2.45) is 11.8 Å². The topological polar surface area (TPSA) is 50.4 Å². The Hall–Kier alpha value is -1.62. The molecule has 5 heteroatoms. The van der Waals surface area contributed by atoms with Crippen LogP contribution in [0.3, 0.4) is 0 Å². The van der Waals surface area contributed by atoms with E-state index in [0.29, 0.717) is 23.9 Å². The zero-order valence-electron chi connectivity index (χ0n) is 14.3. The quantitative estimate of drug-likeness (QED) is 0.833. The van der Waals surface area contributed by atoms with Crippen LogP contribution in [-0.4, -0.2) is 25.1 Å². The van der Waals surface area contributed by atoms with Crippen molar-refractivity contribution in [3.63, 3.8) is 0 Å². The van der Waals surface area contributed by atoms with Gasteiger partial charge in [0.05, 0.1) is 6.10 Å². The van der Waals surface area contributed by atoms with Gasteiger partial charge in [-0.15, -0.1) is 0 Å². The number of anilines is 1. The summed E-state index contributed by atoms with van der Waals surface area (Å²) in [6, 6.07) is 4.67. The van der Waals surface area contributed by atoms with Gasteiger partial charge in [0.2, 0.25) is 5.91 Å². The van der Waals surface area contributed by atoms with Crippen LogP contribution in [0, 0.1) is 17.7 Å². The normalized spacial score (nSPS) is 20.2. The zero-order chi connectivity index (χ0) is 16.9. The minimum atomic E-state index is -0.411. The molecule has 2 aliphatic rings. The second kappa shape index (κ2) is 7.97. The molecule has 1 atom stereocenters. The van der Waals surface area contributed by atoms with Crippen molar-refractivity contribution in [1.82, 2.24) is 5.32 Å². The maximum atomic E-state index is 14.1. The first kappa shape index (κ1) is 17.2. The van der Waals surface area contributed by atoms with E-state index in [0.717, 1.165) is 45.2 Å². The predicted molar refractivity (Wildman–Crippen MR) is 92.7 cm³/mol. The lowest BCUT2D eigenvalue weighted by Crippen LogP contribution is -2.32. The third kappa shape index (κ3) is 4.47. The van der Waals surface area contributed by atoms with Crippen molar-refractivity contribution in [2.45, 2.75) is 51.6 Å². The van der Waals surface area contributed by atoms with Crippen LogP contribution in [-0.2, 0) is 4.79 Å². The molecule has 1 aliphatic carbocycles. The third-order valence-electron chi connectivity index (χ3n) is 5.26. The molecule has 1 aromatic carbocycles. The summed E-state index contributed by atoms with van der Waals surface area (Å²) in [4.78, 5) is 12.2. The van der Waals surface area contributed by atoms with Gasteiger partial charge in [-0.3, -0.25) is 4.79 Å². The van der Waals surface area contributed by atoms with Crippen LogP contribution < -0.4 is 15.4 Å². The number of amides is 1. The average Bonchev–Trinajstić information content (AvgIpc) is 2.53. The van der Waals surface area contributed by atoms with Crippen LogP contribution in [0.15, 0.2) is 18.2 Å². The Morgan fingerprint density at radius 2 is 2.08 bits per heavy atom. The highest BCUT2D eigenvalue weighted by Crippen LogP contribution is 2.29. The highest BCUT2D eigenvalue weighted by Gasteiger charge is 2.23. The van der Waals surface area contributed by atoms with Gasteiger partial charge in [-0.1, -0.05) is 6.92 Å². The molecule has 132 valence electrons. The average molecular weight is 334 g/mol. The van der Waals surface area contributed by atoms with E-state index in [1.54, 1.807) is 12.1 Å². The molecule has 1 heterocycles. The number of ether oxygens (including phenoxy) is 1. The summed E-state index contributed by atoms with van der Waals surface area (Å²) in [6.07, 6.45) is 6.00. The van der Waals surface area contributed by atoms with Crippen molar-refractivity contribution in [2.75, 3.05) is 18.4 Å². The molecule has 3 rings (SSSR count). The van der Waals surface area contributed by atoms with E-state index in [4.69, 9.17) is 4.74 Å². The molecular weight excluding hydrogens is 307 g/mol. The van der Waals surface area contributed by atoms with Crippen molar-refractivity contribution in [3.05, 3.63) is 24.0 Å². The van der Waals surface area contributed by atoms with Crippen molar-refractivity contribution < 1.29 is 13.9 Å². The van der Waals surface area contributed by atoms with Crippen LogP contribution in [0.4, 0.5) is 10.1 Å². The standard InChI is InChI=1S/C19H27FN2O2/c1-13(14-7-9-21-10-8-14)11-19(23)22-15-5-6-18(17(20)12-15)24-16-3-2-4-16/h5-6,12-14,16,21H,2-4,7-11H2,1H3,(H,22,23). The molecule has 1 saturated carbocycles. The number of carbonyl (C=O) groups is 1. The highest BCUT2D eigenvalue weighted by molar-refractivity contribution is 5.90. The molecule has 2 fully saturated rings. The molecule has 0 spiro atoms. The van der Waals surface area contributed by atoms with Gasteiger partial charge < -0.3 is 15.4 Å². The fourth-order valence-electron chi connectivity index (χ4n) is 3.43. The van der Waals surface area contributed by atoms with E-state index >= 15 is 0 Å². The largest absolute Gasteiger partial charge is 0.487 e. The smallest absolute Gasteiger partial charge is 0.224 e. The Kier molecular flexibility index (Phi) is 5.72.